The van der Waals surface area contributed by atoms with E-state index in [4.69, 9.17) is 0 Å². The minimum Gasteiger partial charge on any atom is -0.370 e. The molecule has 1 amide bonds. The van der Waals surface area contributed by atoms with Crippen LogP contribution in [0.2, 0.25) is 0 Å². The average molecular weight is 155 g/mol. The highest BCUT2D eigenvalue weighted by Gasteiger charge is 2.13. The molecule has 0 aromatic heterocycles. The molecule has 11 heavy (non-hydrogen) atoms. The lowest BCUT2D eigenvalue weighted by molar-refractivity contribution is -0.119. The minimum absolute atomic E-state index is 0.0195. The third-order valence-electron chi connectivity index (χ3n) is 1.53. The van der Waals surface area contributed by atoms with Crippen molar-refractivity contribution < 1.29 is 4.79 Å². The Balaban J connectivity index is 2.40. The fourth-order valence-electron chi connectivity index (χ4n) is 1.08. The Hall–Kier alpha value is -1.06. The van der Waals surface area contributed by atoms with Crippen LogP contribution in [0.4, 0.5) is 0 Å². The van der Waals surface area contributed by atoms with Gasteiger partial charge in [0, 0.05) is 13.5 Å². The third kappa shape index (κ3) is 2.22. The lowest BCUT2D eigenvalue weighted by atomic mass is 10.3. The molecule has 0 aliphatic carbocycles. The van der Waals surface area contributed by atoms with Crippen molar-refractivity contribution in [2.75, 3.05) is 13.1 Å². The Labute approximate surface area is 66.1 Å². The van der Waals surface area contributed by atoms with Crippen LogP contribution in [-0.2, 0) is 4.79 Å². The maximum atomic E-state index is 10.6. The van der Waals surface area contributed by atoms with Gasteiger partial charge in [-0.25, -0.2) is 0 Å². The molecule has 1 unspecified atom stereocenters. The van der Waals surface area contributed by atoms with Crippen LogP contribution in [0.15, 0.2) is 4.99 Å². The molecule has 62 valence electrons. The van der Waals surface area contributed by atoms with Crippen LogP contribution >= 0.6 is 0 Å². The second-order valence-electron chi connectivity index (χ2n) is 2.62. The number of rotatable bonds is 2. The van der Waals surface area contributed by atoms with E-state index in [1.54, 1.807) is 0 Å². The summed E-state index contributed by atoms with van der Waals surface area (Å²) in [6, 6.07) is 0.0231. The molecule has 0 aromatic carbocycles. The zero-order valence-electron chi connectivity index (χ0n) is 6.85. The first-order chi connectivity index (χ1) is 5.20. The van der Waals surface area contributed by atoms with E-state index in [-0.39, 0.29) is 11.9 Å². The molecule has 1 rings (SSSR count). The summed E-state index contributed by atoms with van der Waals surface area (Å²) in [4.78, 5) is 14.8. The molecule has 1 heterocycles. The topological polar surface area (TPSA) is 53.5 Å². The van der Waals surface area contributed by atoms with E-state index in [0.717, 1.165) is 18.9 Å². The third-order valence-corrected chi connectivity index (χ3v) is 1.53. The quantitative estimate of drug-likeness (QED) is 0.565. The molecule has 0 saturated carbocycles. The van der Waals surface area contributed by atoms with E-state index in [1.807, 2.05) is 6.92 Å². The van der Waals surface area contributed by atoms with Gasteiger partial charge in [-0.15, -0.1) is 0 Å². The molecule has 0 radical (unpaired) electrons. The molecule has 0 fully saturated rings. The lowest BCUT2D eigenvalue weighted by Gasteiger charge is -2.12. The van der Waals surface area contributed by atoms with Crippen molar-refractivity contribution in [3.8, 4) is 0 Å². The molecular formula is C7H13N3O. The summed E-state index contributed by atoms with van der Waals surface area (Å²) in [7, 11) is 0. The summed E-state index contributed by atoms with van der Waals surface area (Å²) in [6.45, 7) is 5.13. The molecule has 2 N–H and O–H groups in total. The Kier molecular flexibility index (Phi) is 2.46. The highest BCUT2D eigenvalue weighted by atomic mass is 16.1. The maximum absolute atomic E-state index is 10.6. The minimum atomic E-state index is -0.0195. The van der Waals surface area contributed by atoms with Crippen LogP contribution in [0, 0.1) is 0 Å². The SMILES string of the molecule is CC(=O)NC(C)C1=NCCN1. The Bertz CT molecular complexity index is 188. The van der Waals surface area contributed by atoms with Gasteiger partial charge in [0.1, 0.15) is 5.84 Å². The predicted octanol–water partition coefficient (Wildman–Crippen LogP) is -0.487. The first-order valence-electron chi connectivity index (χ1n) is 3.75. The van der Waals surface area contributed by atoms with E-state index in [9.17, 15) is 4.79 Å². The molecule has 0 spiro atoms. The smallest absolute Gasteiger partial charge is 0.217 e. The second-order valence-corrected chi connectivity index (χ2v) is 2.62. The Morgan fingerprint density at radius 1 is 1.82 bits per heavy atom. The number of carbonyl (C=O) groups excluding carboxylic acids is 1. The number of amides is 1. The summed E-state index contributed by atoms with van der Waals surface area (Å²) in [5.74, 6) is 0.870. The molecule has 0 aromatic rings. The lowest BCUT2D eigenvalue weighted by Crippen LogP contribution is -2.42. The van der Waals surface area contributed by atoms with E-state index >= 15 is 0 Å². The van der Waals surface area contributed by atoms with E-state index in [2.05, 4.69) is 15.6 Å². The van der Waals surface area contributed by atoms with Crippen LogP contribution in [0.25, 0.3) is 0 Å². The normalized spacial score (nSPS) is 18.5. The highest BCUT2D eigenvalue weighted by Crippen LogP contribution is 1.91. The number of hydrogen-bond donors (Lipinski definition) is 2. The van der Waals surface area contributed by atoms with Gasteiger partial charge < -0.3 is 10.6 Å². The summed E-state index contributed by atoms with van der Waals surface area (Å²) >= 11 is 0. The average Bonchev–Trinajstić information content (AvgIpc) is 2.35. The van der Waals surface area contributed by atoms with Gasteiger partial charge in [0.25, 0.3) is 0 Å². The largest absolute Gasteiger partial charge is 0.370 e. The Morgan fingerprint density at radius 2 is 2.55 bits per heavy atom. The second kappa shape index (κ2) is 3.37. The molecule has 1 aliphatic rings. The highest BCUT2D eigenvalue weighted by molar-refractivity contribution is 5.91. The molecule has 1 aliphatic heterocycles. The van der Waals surface area contributed by atoms with Crippen molar-refractivity contribution in [3.05, 3.63) is 0 Å². The zero-order chi connectivity index (χ0) is 8.27. The first kappa shape index (κ1) is 8.04. The Morgan fingerprint density at radius 3 is 3.00 bits per heavy atom. The van der Waals surface area contributed by atoms with Gasteiger partial charge in [-0.1, -0.05) is 0 Å². The molecule has 0 bridgehead atoms. The number of aliphatic imine (C=N–C) groups is 1. The predicted molar refractivity (Wildman–Crippen MR) is 43.6 cm³/mol. The van der Waals surface area contributed by atoms with Crippen LogP contribution in [-0.4, -0.2) is 30.9 Å². The van der Waals surface area contributed by atoms with Crippen LogP contribution in [0.1, 0.15) is 13.8 Å². The van der Waals surface area contributed by atoms with Crippen molar-refractivity contribution in [2.24, 2.45) is 4.99 Å². The maximum Gasteiger partial charge on any atom is 0.217 e. The van der Waals surface area contributed by atoms with Gasteiger partial charge in [0.05, 0.1) is 12.6 Å². The van der Waals surface area contributed by atoms with Crippen molar-refractivity contribution in [3.63, 3.8) is 0 Å². The monoisotopic (exact) mass is 155 g/mol. The van der Waals surface area contributed by atoms with E-state index in [0.29, 0.717) is 0 Å². The van der Waals surface area contributed by atoms with Gasteiger partial charge in [0.2, 0.25) is 5.91 Å². The van der Waals surface area contributed by atoms with Gasteiger partial charge in [-0.3, -0.25) is 9.79 Å². The van der Waals surface area contributed by atoms with Gasteiger partial charge >= 0.3 is 0 Å². The van der Waals surface area contributed by atoms with Gasteiger partial charge in [-0.05, 0) is 6.92 Å². The number of amidine groups is 1. The van der Waals surface area contributed by atoms with Crippen molar-refractivity contribution >= 4 is 11.7 Å². The summed E-state index contributed by atoms with van der Waals surface area (Å²) in [5, 5.41) is 5.85. The standard InChI is InChI=1S/C7H13N3O/c1-5(10-6(2)11)7-8-3-4-9-7/h5H,3-4H2,1-2H3,(H,8,9)(H,10,11). The first-order valence-corrected chi connectivity index (χ1v) is 3.75. The van der Waals surface area contributed by atoms with Crippen LogP contribution in [0.3, 0.4) is 0 Å². The van der Waals surface area contributed by atoms with Crippen molar-refractivity contribution in [1.82, 2.24) is 10.6 Å². The molecule has 4 nitrogen and oxygen atoms in total. The van der Waals surface area contributed by atoms with E-state index < -0.39 is 0 Å². The molecular weight excluding hydrogens is 142 g/mol. The fraction of sp³-hybridized carbons (Fsp3) is 0.714. The van der Waals surface area contributed by atoms with Gasteiger partial charge in [0.15, 0.2) is 0 Å². The summed E-state index contributed by atoms with van der Waals surface area (Å²) < 4.78 is 0. The number of nitrogens with zero attached hydrogens (tertiary/aromatic N) is 1. The van der Waals surface area contributed by atoms with Crippen LogP contribution < -0.4 is 10.6 Å². The molecule has 1 atom stereocenters. The number of hydrogen-bond acceptors (Lipinski definition) is 3. The molecule has 4 heteroatoms. The van der Waals surface area contributed by atoms with E-state index in [1.165, 1.54) is 6.92 Å². The van der Waals surface area contributed by atoms with Gasteiger partial charge in [-0.2, -0.15) is 0 Å². The summed E-state index contributed by atoms with van der Waals surface area (Å²) in [5.41, 5.74) is 0. The molecule has 0 saturated heterocycles. The van der Waals surface area contributed by atoms with Crippen molar-refractivity contribution in [2.45, 2.75) is 19.9 Å². The number of carbonyl (C=O) groups is 1. The number of nitrogens with one attached hydrogen (secondary N) is 2. The van der Waals surface area contributed by atoms with Crippen molar-refractivity contribution in [1.29, 1.82) is 0 Å². The zero-order valence-corrected chi connectivity index (χ0v) is 6.85. The van der Waals surface area contributed by atoms with Crippen LogP contribution in [0.5, 0.6) is 0 Å². The summed E-state index contributed by atoms with van der Waals surface area (Å²) in [6.07, 6.45) is 0. The fourth-order valence-corrected chi connectivity index (χ4v) is 1.08.